The number of aryl methyl sites for hydroxylation is 1. The highest BCUT2D eigenvalue weighted by Crippen LogP contribution is 2.30. The molecule has 7 nitrogen and oxygen atoms in total. The number of hydrogen-bond acceptors (Lipinski definition) is 4. The Morgan fingerprint density at radius 3 is 2.59 bits per heavy atom. The summed E-state index contributed by atoms with van der Waals surface area (Å²) in [7, 11) is -1.72. The first-order valence-corrected chi connectivity index (χ1v) is 11.5. The third-order valence-electron chi connectivity index (χ3n) is 5.23. The lowest BCUT2D eigenvalue weighted by Gasteiger charge is -2.30. The molecule has 1 aliphatic heterocycles. The molecule has 1 aromatic carbocycles. The molecule has 0 aliphatic carbocycles. The molecule has 10 heteroatoms. The predicted octanol–water partition coefficient (Wildman–Crippen LogP) is 3.13. The summed E-state index contributed by atoms with van der Waals surface area (Å²) in [6.45, 7) is 1.22. The molecule has 4 rings (SSSR count). The second-order valence-electron chi connectivity index (χ2n) is 7.25. The molecular formula is C19H21BrFN5O2S. The van der Waals surface area contributed by atoms with Crippen LogP contribution in [0.2, 0.25) is 0 Å². The third kappa shape index (κ3) is 4.29. The summed E-state index contributed by atoms with van der Waals surface area (Å²) in [5, 5.41) is 8.36. The summed E-state index contributed by atoms with van der Waals surface area (Å²) < 4.78 is 44.9. The van der Waals surface area contributed by atoms with E-state index in [-0.39, 0.29) is 10.7 Å². The fraction of sp³-hybridized carbons (Fsp3) is 0.368. The van der Waals surface area contributed by atoms with E-state index in [1.807, 2.05) is 19.4 Å². The standard InChI is InChI=1S/C19H21BrFN5O2S/c1-24-12-16(9-22-24)15-4-6-26(7-5-15)29(27,28)17-10-23-25(13-17)11-14-2-3-18(20)19(21)8-14/h2-3,8-10,12-13,15H,4-7,11H2,1H3. The number of sulfonamides is 1. The molecule has 29 heavy (non-hydrogen) atoms. The summed E-state index contributed by atoms with van der Waals surface area (Å²) in [6, 6.07) is 4.80. The zero-order valence-electron chi connectivity index (χ0n) is 15.9. The number of hydrogen-bond donors (Lipinski definition) is 0. The van der Waals surface area contributed by atoms with E-state index in [0.717, 1.165) is 18.4 Å². The largest absolute Gasteiger partial charge is 0.276 e. The highest BCUT2D eigenvalue weighted by Gasteiger charge is 2.31. The molecule has 1 saturated heterocycles. The van der Waals surface area contributed by atoms with Crippen molar-refractivity contribution in [1.29, 1.82) is 0 Å². The van der Waals surface area contributed by atoms with E-state index in [9.17, 15) is 12.8 Å². The van der Waals surface area contributed by atoms with Crippen molar-refractivity contribution in [3.8, 4) is 0 Å². The van der Waals surface area contributed by atoms with Gasteiger partial charge in [0.05, 0.1) is 23.4 Å². The Bertz CT molecular complexity index is 1120. The molecule has 0 radical (unpaired) electrons. The number of nitrogens with zero attached hydrogens (tertiary/aromatic N) is 5. The van der Waals surface area contributed by atoms with Crippen LogP contribution in [0.4, 0.5) is 4.39 Å². The molecule has 0 saturated carbocycles. The minimum absolute atomic E-state index is 0.162. The van der Waals surface area contributed by atoms with E-state index in [2.05, 4.69) is 26.1 Å². The van der Waals surface area contributed by atoms with E-state index in [0.29, 0.717) is 35.6 Å². The average molecular weight is 482 g/mol. The van der Waals surface area contributed by atoms with Crippen molar-refractivity contribution in [2.75, 3.05) is 13.1 Å². The Morgan fingerprint density at radius 1 is 1.17 bits per heavy atom. The molecule has 0 atom stereocenters. The van der Waals surface area contributed by atoms with Gasteiger partial charge in [0, 0.05) is 32.5 Å². The maximum atomic E-state index is 13.7. The van der Waals surface area contributed by atoms with Crippen LogP contribution in [0.1, 0.15) is 29.9 Å². The molecule has 0 spiro atoms. The highest BCUT2D eigenvalue weighted by molar-refractivity contribution is 9.10. The average Bonchev–Trinajstić information content (AvgIpc) is 3.34. The zero-order valence-corrected chi connectivity index (χ0v) is 18.3. The number of piperidine rings is 1. The van der Waals surface area contributed by atoms with Gasteiger partial charge in [-0.05, 0) is 57.9 Å². The molecule has 1 fully saturated rings. The Morgan fingerprint density at radius 2 is 1.93 bits per heavy atom. The molecule has 154 valence electrons. The monoisotopic (exact) mass is 481 g/mol. The second-order valence-corrected chi connectivity index (χ2v) is 10.0. The lowest BCUT2D eigenvalue weighted by atomic mass is 9.93. The number of rotatable bonds is 5. The van der Waals surface area contributed by atoms with Gasteiger partial charge in [-0.2, -0.15) is 14.5 Å². The quantitative estimate of drug-likeness (QED) is 0.560. The summed E-state index contributed by atoms with van der Waals surface area (Å²) in [6.07, 6.45) is 8.22. The first kappa shape index (κ1) is 20.2. The van der Waals surface area contributed by atoms with Crippen molar-refractivity contribution >= 4 is 26.0 Å². The van der Waals surface area contributed by atoms with Crippen molar-refractivity contribution in [1.82, 2.24) is 23.9 Å². The summed E-state index contributed by atoms with van der Waals surface area (Å²) in [4.78, 5) is 0.162. The molecule has 1 aliphatic rings. The maximum absolute atomic E-state index is 13.7. The zero-order chi connectivity index (χ0) is 20.6. The molecule has 0 bridgehead atoms. The van der Waals surface area contributed by atoms with Crippen LogP contribution in [0, 0.1) is 5.82 Å². The number of aromatic nitrogens is 4. The molecule has 3 heterocycles. The van der Waals surface area contributed by atoms with Crippen molar-refractivity contribution in [2.45, 2.75) is 30.2 Å². The maximum Gasteiger partial charge on any atom is 0.246 e. The fourth-order valence-electron chi connectivity index (χ4n) is 3.62. The first-order chi connectivity index (χ1) is 13.8. The summed E-state index contributed by atoms with van der Waals surface area (Å²) >= 11 is 3.12. The lowest BCUT2D eigenvalue weighted by Crippen LogP contribution is -2.37. The van der Waals surface area contributed by atoms with E-state index in [1.165, 1.54) is 27.4 Å². The van der Waals surface area contributed by atoms with Crippen LogP contribution in [0.25, 0.3) is 0 Å². The molecule has 0 N–H and O–H groups in total. The van der Waals surface area contributed by atoms with Gasteiger partial charge in [-0.3, -0.25) is 9.36 Å². The first-order valence-electron chi connectivity index (χ1n) is 9.28. The molecule has 0 unspecified atom stereocenters. The highest BCUT2D eigenvalue weighted by atomic mass is 79.9. The molecular weight excluding hydrogens is 461 g/mol. The summed E-state index contributed by atoms with van der Waals surface area (Å²) in [5.41, 5.74) is 1.86. The van der Waals surface area contributed by atoms with Gasteiger partial charge in [0.25, 0.3) is 0 Å². The SMILES string of the molecule is Cn1cc(C2CCN(S(=O)(=O)c3cnn(Cc4ccc(Br)c(F)c4)c3)CC2)cn1. The van der Waals surface area contributed by atoms with Crippen molar-refractivity contribution in [3.63, 3.8) is 0 Å². The van der Waals surface area contributed by atoms with Gasteiger partial charge >= 0.3 is 0 Å². The predicted molar refractivity (Wildman–Crippen MR) is 109 cm³/mol. The Labute approximate surface area is 177 Å². The van der Waals surface area contributed by atoms with Gasteiger partial charge in [0.15, 0.2) is 0 Å². The van der Waals surface area contributed by atoms with Crippen LogP contribution in [-0.2, 0) is 23.6 Å². The van der Waals surface area contributed by atoms with E-state index < -0.39 is 10.0 Å². The van der Waals surface area contributed by atoms with Crippen LogP contribution >= 0.6 is 15.9 Å². The second kappa shape index (κ2) is 8.00. The lowest BCUT2D eigenvalue weighted by molar-refractivity contribution is 0.319. The third-order valence-corrected chi connectivity index (χ3v) is 7.72. The Kier molecular flexibility index (Phi) is 5.58. The Hall–Kier alpha value is -2.04. The van der Waals surface area contributed by atoms with E-state index in [1.54, 1.807) is 16.8 Å². The fourth-order valence-corrected chi connectivity index (χ4v) is 5.29. The minimum Gasteiger partial charge on any atom is -0.276 e. The van der Waals surface area contributed by atoms with Crippen LogP contribution in [0.5, 0.6) is 0 Å². The summed E-state index contributed by atoms with van der Waals surface area (Å²) in [5.74, 6) is -0.0378. The Balaban J connectivity index is 1.43. The minimum atomic E-state index is -3.60. The van der Waals surface area contributed by atoms with Crippen LogP contribution in [0.3, 0.4) is 0 Å². The molecule has 0 amide bonds. The van der Waals surface area contributed by atoms with Gasteiger partial charge in [-0.1, -0.05) is 6.07 Å². The van der Waals surface area contributed by atoms with Gasteiger partial charge in [-0.25, -0.2) is 12.8 Å². The van der Waals surface area contributed by atoms with Gasteiger partial charge in [-0.15, -0.1) is 0 Å². The van der Waals surface area contributed by atoms with E-state index >= 15 is 0 Å². The van der Waals surface area contributed by atoms with Crippen molar-refractivity contribution < 1.29 is 12.8 Å². The van der Waals surface area contributed by atoms with Gasteiger partial charge in [0.2, 0.25) is 10.0 Å². The normalized spacial score (nSPS) is 16.4. The molecule has 3 aromatic rings. The smallest absolute Gasteiger partial charge is 0.246 e. The van der Waals surface area contributed by atoms with Crippen LogP contribution in [-0.4, -0.2) is 45.4 Å². The topological polar surface area (TPSA) is 73.0 Å². The van der Waals surface area contributed by atoms with Gasteiger partial charge in [0.1, 0.15) is 10.7 Å². The van der Waals surface area contributed by atoms with Crippen molar-refractivity contribution in [3.05, 3.63) is 64.4 Å². The van der Waals surface area contributed by atoms with Gasteiger partial charge < -0.3 is 0 Å². The van der Waals surface area contributed by atoms with Crippen molar-refractivity contribution in [2.24, 2.45) is 7.05 Å². The molecule has 2 aromatic heterocycles. The number of halogens is 2. The van der Waals surface area contributed by atoms with E-state index in [4.69, 9.17) is 0 Å². The number of benzene rings is 1. The van der Waals surface area contributed by atoms with Crippen LogP contribution in [0.15, 0.2) is 52.4 Å². The van der Waals surface area contributed by atoms with Crippen LogP contribution < -0.4 is 0 Å².